The van der Waals surface area contributed by atoms with Gasteiger partial charge in [0, 0.05) is 30.6 Å². The molecule has 6 heteroatoms. The van der Waals surface area contributed by atoms with Crippen molar-refractivity contribution < 1.29 is 9.59 Å². The number of halogens is 1. The van der Waals surface area contributed by atoms with E-state index >= 15 is 0 Å². The van der Waals surface area contributed by atoms with Crippen LogP contribution in [0, 0.1) is 5.92 Å². The van der Waals surface area contributed by atoms with E-state index in [0.717, 1.165) is 12.0 Å². The molecule has 2 aromatic rings. The molecule has 2 amide bonds. The van der Waals surface area contributed by atoms with Gasteiger partial charge in [-0.1, -0.05) is 68.8 Å². The molecule has 0 bridgehead atoms. The molecule has 3 N–H and O–H groups in total. The summed E-state index contributed by atoms with van der Waals surface area (Å²) in [4.78, 5) is 27.7. The molecule has 1 aliphatic rings. The summed E-state index contributed by atoms with van der Waals surface area (Å²) in [6.45, 7) is 5.12. The van der Waals surface area contributed by atoms with Gasteiger partial charge in [-0.05, 0) is 23.6 Å². The maximum absolute atomic E-state index is 13.3. The zero-order valence-corrected chi connectivity index (χ0v) is 17.8. The van der Waals surface area contributed by atoms with Crippen LogP contribution < -0.4 is 11.1 Å². The first-order valence-corrected chi connectivity index (χ1v) is 9.96. The molecule has 0 aromatic heterocycles. The third-order valence-electron chi connectivity index (χ3n) is 5.71. The Morgan fingerprint density at radius 3 is 2.24 bits per heavy atom. The third kappa shape index (κ3) is 5.37. The van der Waals surface area contributed by atoms with Gasteiger partial charge < -0.3 is 16.0 Å². The van der Waals surface area contributed by atoms with Crippen molar-refractivity contribution in [1.29, 1.82) is 0 Å². The molecule has 156 valence electrons. The highest BCUT2D eigenvalue weighted by molar-refractivity contribution is 5.97. The largest absolute Gasteiger partial charge is 0.340 e. The zero-order chi connectivity index (χ0) is 20.1. The number of likely N-dealkylation sites (tertiary alicyclic amines) is 1. The Morgan fingerprint density at radius 2 is 1.66 bits per heavy atom. The van der Waals surface area contributed by atoms with Crippen LogP contribution in [0.5, 0.6) is 0 Å². The van der Waals surface area contributed by atoms with E-state index in [1.165, 1.54) is 0 Å². The number of benzene rings is 2. The number of nitrogens with two attached hydrogens (primary N) is 1. The topological polar surface area (TPSA) is 75.4 Å². The summed E-state index contributed by atoms with van der Waals surface area (Å²) in [5.74, 6) is -0.116. The highest BCUT2D eigenvalue weighted by Crippen LogP contribution is 2.27. The number of hydrogen-bond acceptors (Lipinski definition) is 3. The Hall–Kier alpha value is -2.37. The van der Waals surface area contributed by atoms with Crippen LogP contribution in [0.2, 0.25) is 0 Å². The molecule has 2 aromatic carbocycles. The van der Waals surface area contributed by atoms with Crippen molar-refractivity contribution in [2.24, 2.45) is 11.7 Å². The molecule has 1 heterocycles. The van der Waals surface area contributed by atoms with Crippen molar-refractivity contribution in [3.05, 3.63) is 71.8 Å². The van der Waals surface area contributed by atoms with Crippen molar-refractivity contribution in [1.82, 2.24) is 10.2 Å². The highest BCUT2D eigenvalue weighted by atomic mass is 35.5. The number of amides is 2. The second kappa shape index (κ2) is 10.4. The maximum Gasteiger partial charge on any atom is 0.251 e. The number of nitrogens with zero attached hydrogens (tertiary/aromatic N) is 1. The summed E-state index contributed by atoms with van der Waals surface area (Å²) >= 11 is 0. The minimum absolute atomic E-state index is 0. The van der Waals surface area contributed by atoms with Gasteiger partial charge in [0.25, 0.3) is 5.91 Å². The van der Waals surface area contributed by atoms with E-state index in [9.17, 15) is 9.59 Å². The standard InChI is InChI=1S/C23H29N3O2.ClH/c1-3-16(2)21(25-22(27)18-12-8-5-9-13-18)23(28)26-14-19(20(24)15-26)17-10-6-4-7-11-17;/h4-13,16,19-21H,3,14-15,24H2,1-2H3,(H,25,27);1H/t16?,19-,20+,21?;/m0./s1. The van der Waals surface area contributed by atoms with Gasteiger partial charge >= 0.3 is 0 Å². The molecule has 0 radical (unpaired) electrons. The van der Waals surface area contributed by atoms with Crippen LogP contribution in [0.4, 0.5) is 0 Å². The van der Waals surface area contributed by atoms with Gasteiger partial charge in [-0.2, -0.15) is 0 Å². The lowest BCUT2D eigenvalue weighted by atomic mass is 9.95. The van der Waals surface area contributed by atoms with Gasteiger partial charge in [-0.25, -0.2) is 0 Å². The van der Waals surface area contributed by atoms with Crippen molar-refractivity contribution in [3.63, 3.8) is 0 Å². The summed E-state index contributed by atoms with van der Waals surface area (Å²) in [6, 6.07) is 18.4. The lowest BCUT2D eigenvalue weighted by molar-refractivity contribution is -0.133. The van der Waals surface area contributed by atoms with E-state index in [2.05, 4.69) is 17.4 Å². The van der Waals surface area contributed by atoms with Crippen LogP contribution in [0.15, 0.2) is 60.7 Å². The summed E-state index contributed by atoms with van der Waals surface area (Å²) in [6.07, 6.45) is 0.799. The van der Waals surface area contributed by atoms with Gasteiger partial charge in [0.05, 0.1) is 0 Å². The molecule has 0 aliphatic carbocycles. The van der Waals surface area contributed by atoms with Gasteiger partial charge in [0.2, 0.25) is 5.91 Å². The van der Waals surface area contributed by atoms with Crippen LogP contribution >= 0.6 is 12.4 Å². The monoisotopic (exact) mass is 415 g/mol. The molecular weight excluding hydrogens is 386 g/mol. The van der Waals surface area contributed by atoms with E-state index in [1.807, 2.05) is 55.1 Å². The Balaban J connectivity index is 0.00000300. The first-order valence-electron chi connectivity index (χ1n) is 9.96. The highest BCUT2D eigenvalue weighted by Gasteiger charge is 2.38. The third-order valence-corrected chi connectivity index (χ3v) is 5.71. The molecule has 5 nitrogen and oxygen atoms in total. The molecule has 1 aliphatic heterocycles. The maximum atomic E-state index is 13.3. The van der Waals surface area contributed by atoms with E-state index in [1.54, 1.807) is 12.1 Å². The van der Waals surface area contributed by atoms with Crippen molar-refractivity contribution in [2.75, 3.05) is 13.1 Å². The molecule has 0 saturated carbocycles. The Bertz CT molecular complexity index is 800. The van der Waals surface area contributed by atoms with E-state index in [0.29, 0.717) is 18.7 Å². The lowest BCUT2D eigenvalue weighted by Crippen LogP contribution is -2.51. The minimum Gasteiger partial charge on any atom is -0.340 e. The van der Waals surface area contributed by atoms with Crippen LogP contribution in [-0.2, 0) is 4.79 Å². The van der Waals surface area contributed by atoms with Gasteiger partial charge in [0.15, 0.2) is 0 Å². The van der Waals surface area contributed by atoms with Crippen LogP contribution in [0.25, 0.3) is 0 Å². The number of carbonyl (C=O) groups is 2. The van der Waals surface area contributed by atoms with E-state index in [4.69, 9.17) is 5.73 Å². The van der Waals surface area contributed by atoms with Crippen molar-refractivity contribution in [2.45, 2.75) is 38.3 Å². The first-order chi connectivity index (χ1) is 13.5. The molecule has 29 heavy (non-hydrogen) atoms. The summed E-state index contributed by atoms with van der Waals surface area (Å²) in [5.41, 5.74) is 8.07. The number of rotatable bonds is 6. The van der Waals surface area contributed by atoms with Crippen molar-refractivity contribution >= 4 is 24.2 Å². The summed E-state index contributed by atoms with van der Waals surface area (Å²) < 4.78 is 0. The first kappa shape index (κ1) is 22.9. The Labute approximate surface area is 179 Å². The molecule has 4 atom stereocenters. The van der Waals surface area contributed by atoms with Crippen LogP contribution in [0.1, 0.15) is 42.1 Å². The summed E-state index contributed by atoms with van der Waals surface area (Å²) in [5, 5.41) is 2.96. The summed E-state index contributed by atoms with van der Waals surface area (Å²) in [7, 11) is 0. The molecule has 1 saturated heterocycles. The van der Waals surface area contributed by atoms with Crippen molar-refractivity contribution in [3.8, 4) is 0 Å². The smallest absolute Gasteiger partial charge is 0.251 e. The number of hydrogen-bond donors (Lipinski definition) is 2. The predicted molar refractivity (Wildman–Crippen MR) is 118 cm³/mol. The molecule has 1 fully saturated rings. The number of carbonyl (C=O) groups excluding carboxylic acids is 2. The second-order valence-electron chi connectivity index (χ2n) is 7.63. The SMILES string of the molecule is CCC(C)C(NC(=O)c1ccccc1)C(=O)N1C[C@@H](N)[C@H](c2ccccc2)C1.Cl. The molecule has 3 rings (SSSR count). The lowest BCUT2D eigenvalue weighted by Gasteiger charge is -2.28. The molecular formula is C23H30ClN3O2. The van der Waals surface area contributed by atoms with Crippen LogP contribution in [-0.4, -0.2) is 41.9 Å². The number of nitrogens with one attached hydrogen (secondary N) is 1. The van der Waals surface area contributed by atoms with Crippen LogP contribution in [0.3, 0.4) is 0 Å². The predicted octanol–water partition coefficient (Wildman–Crippen LogP) is 3.21. The van der Waals surface area contributed by atoms with E-state index in [-0.39, 0.29) is 42.1 Å². The minimum atomic E-state index is -0.556. The second-order valence-corrected chi connectivity index (χ2v) is 7.63. The molecule has 2 unspecified atom stereocenters. The Morgan fingerprint density at radius 1 is 1.07 bits per heavy atom. The fourth-order valence-electron chi connectivity index (χ4n) is 3.76. The Kier molecular flexibility index (Phi) is 8.23. The molecule has 0 spiro atoms. The fourth-order valence-corrected chi connectivity index (χ4v) is 3.76. The van der Waals surface area contributed by atoms with E-state index < -0.39 is 6.04 Å². The quantitative estimate of drug-likeness (QED) is 0.760. The average molecular weight is 416 g/mol. The average Bonchev–Trinajstić information content (AvgIpc) is 3.13. The van der Waals surface area contributed by atoms with Gasteiger partial charge in [0.1, 0.15) is 6.04 Å². The van der Waals surface area contributed by atoms with Gasteiger partial charge in [-0.3, -0.25) is 9.59 Å². The normalized spacial score (nSPS) is 20.4. The zero-order valence-electron chi connectivity index (χ0n) is 17.0. The van der Waals surface area contributed by atoms with Gasteiger partial charge in [-0.15, -0.1) is 12.4 Å². The fraction of sp³-hybridized carbons (Fsp3) is 0.391.